The van der Waals surface area contributed by atoms with Crippen LogP contribution in [0.1, 0.15) is 12.5 Å². The van der Waals surface area contributed by atoms with Crippen LogP contribution in [0.3, 0.4) is 0 Å². The lowest BCUT2D eigenvalue weighted by atomic mass is 10.2. The van der Waals surface area contributed by atoms with E-state index in [-0.39, 0.29) is 5.75 Å². The van der Waals surface area contributed by atoms with E-state index in [1.807, 2.05) is 0 Å². The molecular formula is C18H18F3N3O4. The van der Waals surface area contributed by atoms with E-state index in [1.165, 1.54) is 26.2 Å². The van der Waals surface area contributed by atoms with Gasteiger partial charge in [-0.2, -0.15) is 13.2 Å². The Bertz CT molecular complexity index is 843. The van der Waals surface area contributed by atoms with Crippen LogP contribution in [0.15, 0.2) is 48.5 Å². The molecule has 28 heavy (non-hydrogen) atoms. The molecule has 0 bridgehead atoms. The van der Waals surface area contributed by atoms with Crippen molar-refractivity contribution >= 4 is 17.6 Å². The highest BCUT2D eigenvalue weighted by molar-refractivity contribution is 5.92. The molecule has 7 nitrogen and oxygen atoms in total. The number of hydrogen-bond donors (Lipinski definition) is 3. The fourth-order valence-corrected chi connectivity index (χ4v) is 2.12. The molecule has 10 heteroatoms. The van der Waals surface area contributed by atoms with Crippen molar-refractivity contribution in [1.82, 2.24) is 10.9 Å². The van der Waals surface area contributed by atoms with Crippen LogP contribution < -0.4 is 25.6 Å². The van der Waals surface area contributed by atoms with Gasteiger partial charge in [-0.15, -0.1) is 0 Å². The van der Waals surface area contributed by atoms with Crippen LogP contribution in [0.5, 0.6) is 11.5 Å². The van der Waals surface area contributed by atoms with Crippen molar-refractivity contribution in [2.75, 3.05) is 12.4 Å². The largest absolute Gasteiger partial charge is 0.495 e. The van der Waals surface area contributed by atoms with Crippen LogP contribution in [0.2, 0.25) is 0 Å². The first-order valence-electron chi connectivity index (χ1n) is 8.04. The quantitative estimate of drug-likeness (QED) is 0.676. The summed E-state index contributed by atoms with van der Waals surface area (Å²) < 4.78 is 48.4. The summed E-state index contributed by atoms with van der Waals surface area (Å²) in [6.45, 7) is 1.33. The molecule has 0 aliphatic rings. The molecule has 0 saturated heterocycles. The molecule has 0 fully saturated rings. The third kappa shape index (κ3) is 5.79. The van der Waals surface area contributed by atoms with Gasteiger partial charge in [0, 0.05) is 0 Å². The van der Waals surface area contributed by atoms with E-state index in [0.29, 0.717) is 11.4 Å². The Kier molecular flexibility index (Phi) is 6.69. The minimum Gasteiger partial charge on any atom is -0.495 e. The van der Waals surface area contributed by atoms with Crippen molar-refractivity contribution in [2.45, 2.75) is 19.2 Å². The van der Waals surface area contributed by atoms with E-state index in [1.54, 1.807) is 24.3 Å². The van der Waals surface area contributed by atoms with Gasteiger partial charge in [-0.1, -0.05) is 18.2 Å². The van der Waals surface area contributed by atoms with Gasteiger partial charge in [0.1, 0.15) is 11.5 Å². The van der Waals surface area contributed by atoms with Gasteiger partial charge in [0.05, 0.1) is 18.4 Å². The highest BCUT2D eigenvalue weighted by Gasteiger charge is 2.30. The standard InChI is InChI=1S/C18H18F3N3O4/c1-11(28-13-7-5-6-12(10-13)18(19,20)21)16(25)23-24-17(26)22-14-8-3-4-9-15(14)27-2/h3-11H,1-2H3,(H,23,25)(H2,22,24,26)/t11-/m0/s1. The van der Waals surface area contributed by atoms with Crippen LogP contribution in [0.25, 0.3) is 0 Å². The molecule has 3 N–H and O–H groups in total. The summed E-state index contributed by atoms with van der Waals surface area (Å²) in [7, 11) is 1.44. The molecule has 0 unspecified atom stereocenters. The summed E-state index contributed by atoms with van der Waals surface area (Å²) in [5.41, 5.74) is 3.72. The highest BCUT2D eigenvalue weighted by Crippen LogP contribution is 2.31. The molecule has 0 aliphatic carbocycles. The second-order valence-corrected chi connectivity index (χ2v) is 5.55. The van der Waals surface area contributed by atoms with E-state index >= 15 is 0 Å². The molecule has 0 spiro atoms. The summed E-state index contributed by atoms with van der Waals surface area (Å²) in [6, 6.07) is 10.0. The van der Waals surface area contributed by atoms with Crippen molar-refractivity contribution in [3.8, 4) is 11.5 Å². The first-order chi connectivity index (χ1) is 13.2. The number of methoxy groups -OCH3 is 1. The van der Waals surface area contributed by atoms with Gasteiger partial charge >= 0.3 is 12.2 Å². The molecule has 0 saturated carbocycles. The summed E-state index contributed by atoms with van der Waals surface area (Å²) >= 11 is 0. The molecule has 2 aromatic carbocycles. The Morgan fingerprint density at radius 1 is 1.04 bits per heavy atom. The summed E-state index contributed by atoms with van der Waals surface area (Å²) in [4.78, 5) is 23.8. The maximum Gasteiger partial charge on any atom is 0.416 e. The first kappa shape index (κ1) is 20.9. The average molecular weight is 397 g/mol. The monoisotopic (exact) mass is 397 g/mol. The van der Waals surface area contributed by atoms with Crippen molar-refractivity contribution < 1.29 is 32.2 Å². The predicted octanol–water partition coefficient (Wildman–Crippen LogP) is 3.33. The van der Waals surface area contributed by atoms with Crippen LogP contribution in [-0.2, 0) is 11.0 Å². The summed E-state index contributed by atoms with van der Waals surface area (Å²) in [5, 5.41) is 2.47. The lowest BCUT2D eigenvalue weighted by Crippen LogP contribution is -2.48. The van der Waals surface area contributed by atoms with Crippen molar-refractivity contribution in [3.63, 3.8) is 0 Å². The van der Waals surface area contributed by atoms with E-state index in [4.69, 9.17) is 9.47 Å². The molecule has 2 rings (SSSR count). The fraction of sp³-hybridized carbons (Fsp3) is 0.222. The number of alkyl halides is 3. The molecule has 150 valence electrons. The maximum absolute atomic E-state index is 12.7. The maximum atomic E-state index is 12.7. The number of carbonyl (C=O) groups is 2. The van der Waals surface area contributed by atoms with E-state index < -0.39 is 29.8 Å². The molecule has 2 aromatic rings. The zero-order chi connectivity index (χ0) is 20.7. The van der Waals surface area contributed by atoms with Crippen LogP contribution in [-0.4, -0.2) is 25.2 Å². The number of para-hydroxylation sites is 2. The number of benzene rings is 2. The number of hydrogen-bond acceptors (Lipinski definition) is 4. The van der Waals surface area contributed by atoms with Gasteiger partial charge in [0.15, 0.2) is 6.10 Å². The number of hydrazine groups is 1. The van der Waals surface area contributed by atoms with Gasteiger partial charge < -0.3 is 14.8 Å². The van der Waals surface area contributed by atoms with Crippen molar-refractivity contribution in [2.24, 2.45) is 0 Å². The number of carbonyl (C=O) groups excluding carboxylic acids is 2. The third-order valence-electron chi connectivity index (χ3n) is 3.50. The van der Waals surface area contributed by atoms with Gasteiger partial charge in [-0.05, 0) is 37.3 Å². The Hall–Kier alpha value is -3.43. The number of anilines is 1. The average Bonchev–Trinajstić information content (AvgIpc) is 2.66. The number of rotatable bonds is 5. The molecule has 1 atom stereocenters. The van der Waals surface area contributed by atoms with Crippen molar-refractivity contribution in [3.05, 3.63) is 54.1 Å². The third-order valence-corrected chi connectivity index (χ3v) is 3.50. The van der Waals surface area contributed by atoms with Gasteiger partial charge in [-0.3, -0.25) is 10.2 Å². The summed E-state index contributed by atoms with van der Waals surface area (Å²) in [5.74, 6) is -0.464. The Labute approximate surface area is 158 Å². The van der Waals surface area contributed by atoms with E-state index in [0.717, 1.165) is 12.1 Å². The smallest absolute Gasteiger partial charge is 0.416 e. The molecule has 0 heterocycles. The number of halogens is 3. The number of urea groups is 1. The topological polar surface area (TPSA) is 88.7 Å². The second kappa shape index (κ2) is 8.98. The molecule has 0 radical (unpaired) electrons. The minimum absolute atomic E-state index is 0.129. The summed E-state index contributed by atoms with van der Waals surface area (Å²) in [6.07, 6.45) is -5.68. The molecular weight excluding hydrogens is 379 g/mol. The highest BCUT2D eigenvalue weighted by atomic mass is 19.4. The normalized spacial score (nSPS) is 11.9. The molecule has 3 amide bonds. The first-order valence-corrected chi connectivity index (χ1v) is 8.04. The lowest BCUT2D eigenvalue weighted by molar-refractivity contribution is -0.137. The molecule has 0 aliphatic heterocycles. The van der Waals surface area contributed by atoms with E-state index in [2.05, 4.69) is 16.2 Å². The Morgan fingerprint density at radius 2 is 1.75 bits per heavy atom. The van der Waals surface area contributed by atoms with Crippen molar-refractivity contribution in [1.29, 1.82) is 0 Å². The lowest BCUT2D eigenvalue weighted by Gasteiger charge is -2.16. The van der Waals surface area contributed by atoms with Crippen LogP contribution >= 0.6 is 0 Å². The number of ether oxygens (including phenoxy) is 2. The zero-order valence-corrected chi connectivity index (χ0v) is 15.0. The Balaban J connectivity index is 1.88. The second-order valence-electron chi connectivity index (χ2n) is 5.55. The molecule has 0 aromatic heterocycles. The zero-order valence-electron chi connectivity index (χ0n) is 15.0. The SMILES string of the molecule is COc1ccccc1NC(=O)NNC(=O)[C@H](C)Oc1cccc(C(F)(F)F)c1. The van der Waals surface area contributed by atoms with E-state index in [9.17, 15) is 22.8 Å². The minimum atomic E-state index is -4.52. The fourth-order valence-electron chi connectivity index (χ4n) is 2.12. The van der Waals surface area contributed by atoms with Gasteiger partial charge in [0.25, 0.3) is 5.91 Å². The predicted molar refractivity (Wildman–Crippen MR) is 94.8 cm³/mol. The Morgan fingerprint density at radius 3 is 2.43 bits per heavy atom. The number of nitrogens with one attached hydrogen (secondary N) is 3. The van der Waals surface area contributed by atoms with Crippen LogP contribution in [0, 0.1) is 0 Å². The number of amides is 3. The van der Waals surface area contributed by atoms with Gasteiger partial charge in [-0.25, -0.2) is 10.2 Å². The van der Waals surface area contributed by atoms with Crippen LogP contribution in [0.4, 0.5) is 23.7 Å². The van der Waals surface area contributed by atoms with Gasteiger partial charge in [0.2, 0.25) is 0 Å².